The number of amides is 1. The molecule has 0 saturated heterocycles. The minimum atomic E-state index is -4.43. The van der Waals surface area contributed by atoms with Gasteiger partial charge >= 0.3 is 6.18 Å². The van der Waals surface area contributed by atoms with Crippen LogP contribution in [0.25, 0.3) is 10.8 Å². The van der Waals surface area contributed by atoms with Gasteiger partial charge in [0.2, 0.25) is 0 Å². The lowest BCUT2D eigenvalue weighted by atomic mass is 10.1. The van der Waals surface area contributed by atoms with E-state index in [0.29, 0.717) is 16.5 Å². The van der Waals surface area contributed by atoms with Crippen LogP contribution < -0.4 is 10.6 Å². The number of hydrogen-bond acceptors (Lipinski definition) is 5. The lowest BCUT2D eigenvalue weighted by Crippen LogP contribution is -2.23. The SMILES string of the molecule is O=C(NCc1cccc(C(F)(F)F)c1)c1csc(Nc2nccc3ccccc23)n1. The number of fused-ring (bicyclic) bond motifs is 1. The van der Waals surface area contributed by atoms with Crippen LogP contribution >= 0.6 is 11.3 Å². The maximum Gasteiger partial charge on any atom is 0.416 e. The van der Waals surface area contributed by atoms with Gasteiger partial charge in [0.25, 0.3) is 5.91 Å². The van der Waals surface area contributed by atoms with Crippen molar-refractivity contribution in [2.45, 2.75) is 12.7 Å². The third kappa shape index (κ3) is 4.41. The summed E-state index contributed by atoms with van der Waals surface area (Å²) in [5.74, 6) is 0.154. The van der Waals surface area contributed by atoms with Crippen molar-refractivity contribution in [2.24, 2.45) is 0 Å². The van der Waals surface area contributed by atoms with Crippen molar-refractivity contribution in [3.63, 3.8) is 0 Å². The van der Waals surface area contributed by atoms with Crippen LogP contribution in [0.15, 0.2) is 66.2 Å². The van der Waals surface area contributed by atoms with Gasteiger partial charge in [-0.3, -0.25) is 4.79 Å². The van der Waals surface area contributed by atoms with Gasteiger partial charge in [-0.05, 0) is 29.1 Å². The van der Waals surface area contributed by atoms with Gasteiger partial charge in [0.15, 0.2) is 5.13 Å². The van der Waals surface area contributed by atoms with Crippen LogP contribution in [0, 0.1) is 0 Å². The van der Waals surface area contributed by atoms with Crippen molar-refractivity contribution in [2.75, 3.05) is 5.32 Å². The first kappa shape index (κ1) is 19.8. The number of alkyl halides is 3. The molecule has 0 saturated carbocycles. The summed E-state index contributed by atoms with van der Waals surface area (Å²) in [5.41, 5.74) is -0.224. The fourth-order valence-electron chi connectivity index (χ4n) is 2.89. The van der Waals surface area contributed by atoms with Gasteiger partial charge in [-0.2, -0.15) is 13.2 Å². The molecule has 2 N–H and O–H groups in total. The third-order valence-electron chi connectivity index (χ3n) is 4.34. The second-order valence-corrected chi connectivity index (χ2v) is 7.28. The number of halogens is 3. The summed E-state index contributed by atoms with van der Waals surface area (Å²) in [5, 5.41) is 9.71. The van der Waals surface area contributed by atoms with E-state index in [-0.39, 0.29) is 12.2 Å². The van der Waals surface area contributed by atoms with Crippen LogP contribution in [-0.4, -0.2) is 15.9 Å². The third-order valence-corrected chi connectivity index (χ3v) is 5.10. The highest BCUT2D eigenvalue weighted by atomic mass is 32.1. The van der Waals surface area contributed by atoms with Crippen molar-refractivity contribution in [3.05, 3.63) is 83.0 Å². The Kier molecular flexibility index (Phi) is 5.37. The predicted molar refractivity (Wildman–Crippen MR) is 110 cm³/mol. The summed E-state index contributed by atoms with van der Waals surface area (Å²) in [4.78, 5) is 20.9. The molecular formula is C21H15F3N4OS. The van der Waals surface area contributed by atoms with E-state index in [4.69, 9.17) is 0 Å². The molecule has 2 aromatic carbocycles. The molecule has 0 atom stereocenters. The second-order valence-electron chi connectivity index (χ2n) is 6.42. The number of carbonyl (C=O) groups is 1. The molecule has 0 aliphatic carbocycles. The molecule has 5 nitrogen and oxygen atoms in total. The predicted octanol–water partition coefficient (Wildman–Crippen LogP) is 5.38. The average molecular weight is 428 g/mol. The first-order chi connectivity index (χ1) is 14.4. The Morgan fingerprint density at radius 3 is 2.73 bits per heavy atom. The van der Waals surface area contributed by atoms with E-state index in [9.17, 15) is 18.0 Å². The number of pyridine rings is 1. The van der Waals surface area contributed by atoms with Crippen LogP contribution in [0.1, 0.15) is 21.6 Å². The molecule has 4 rings (SSSR count). The van der Waals surface area contributed by atoms with Gasteiger partial charge in [-0.25, -0.2) is 9.97 Å². The smallest absolute Gasteiger partial charge is 0.347 e. The lowest BCUT2D eigenvalue weighted by Gasteiger charge is -2.09. The second kappa shape index (κ2) is 8.11. The Morgan fingerprint density at radius 2 is 1.90 bits per heavy atom. The van der Waals surface area contributed by atoms with E-state index in [2.05, 4.69) is 20.6 Å². The molecule has 0 unspecified atom stereocenters. The highest BCUT2D eigenvalue weighted by Gasteiger charge is 2.30. The summed E-state index contributed by atoms with van der Waals surface area (Å²) in [6.45, 7) is -0.0338. The lowest BCUT2D eigenvalue weighted by molar-refractivity contribution is -0.137. The van der Waals surface area contributed by atoms with E-state index < -0.39 is 17.6 Å². The molecule has 0 radical (unpaired) electrons. The zero-order valence-electron chi connectivity index (χ0n) is 15.4. The van der Waals surface area contributed by atoms with Crippen LogP contribution in [-0.2, 0) is 12.7 Å². The van der Waals surface area contributed by atoms with E-state index in [1.54, 1.807) is 11.6 Å². The molecule has 2 aromatic heterocycles. The summed E-state index contributed by atoms with van der Waals surface area (Å²) in [6, 6.07) is 14.5. The first-order valence-electron chi connectivity index (χ1n) is 8.91. The van der Waals surface area contributed by atoms with E-state index in [1.165, 1.54) is 23.5 Å². The van der Waals surface area contributed by atoms with Crippen molar-refractivity contribution in [1.82, 2.24) is 15.3 Å². The standard InChI is InChI=1S/C21H15F3N4OS/c22-21(23,24)15-6-3-4-13(10-15)11-26-19(29)17-12-30-20(27-17)28-18-16-7-2-1-5-14(16)8-9-25-18/h1-10,12H,11H2,(H,26,29)(H,25,27,28). The van der Waals surface area contributed by atoms with Crippen LogP contribution in [0.3, 0.4) is 0 Å². The van der Waals surface area contributed by atoms with Gasteiger partial charge in [0.05, 0.1) is 5.56 Å². The van der Waals surface area contributed by atoms with Crippen LogP contribution in [0.5, 0.6) is 0 Å². The summed E-state index contributed by atoms with van der Waals surface area (Å²) in [7, 11) is 0. The van der Waals surface area contributed by atoms with Gasteiger partial charge in [0.1, 0.15) is 11.5 Å². The maximum absolute atomic E-state index is 12.8. The molecule has 9 heteroatoms. The number of benzene rings is 2. The van der Waals surface area contributed by atoms with Crippen molar-refractivity contribution < 1.29 is 18.0 Å². The monoisotopic (exact) mass is 428 g/mol. The molecule has 30 heavy (non-hydrogen) atoms. The van der Waals surface area contributed by atoms with E-state index in [1.807, 2.05) is 30.3 Å². The van der Waals surface area contributed by atoms with Gasteiger partial charge in [-0.1, -0.05) is 36.4 Å². The number of nitrogens with zero attached hydrogens (tertiary/aromatic N) is 2. The fourth-order valence-corrected chi connectivity index (χ4v) is 3.58. The number of nitrogens with one attached hydrogen (secondary N) is 2. The number of anilines is 2. The molecule has 0 aliphatic heterocycles. The molecule has 2 heterocycles. The Morgan fingerprint density at radius 1 is 1.07 bits per heavy atom. The van der Waals surface area contributed by atoms with Crippen molar-refractivity contribution >= 4 is 39.0 Å². The molecule has 0 aliphatic rings. The Balaban J connectivity index is 1.43. The number of carbonyl (C=O) groups excluding carboxylic acids is 1. The normalized spacial score (nSPS) is 11.4. The van der Waals surface area contributed by atoms with Gasteiger partial charge < -0.3 is 10.6 Å². The quantitative estimate of drug-likeness (QED) is 0.448. The molecule has 4 aromatic rings. The fraction of sp³-hybridized carbons (Fsp3) is 0.0952. The molecular weight excluding hydrogens is 413 g/mol. The molecule has 0 spiro atoms. The Hall–Kier alpha value is -3.46. The minimum absolute atomic E-state index is 0.0338. The highest BCUT2D eigenvalue weighted by Crippen LogP contribution is 2.29. The largest absolute Gasteiger partial charge is 0.416 e. The molecule has 0 bridgehead atoms. The number of hydrogen-bond donors (Lipinski definition) is 2. The maximum atomic E-state index is 12.8. The Bertz CT molecular complexity index is 1200. The van der Waals surface area contributed by atoms with Crippen LogP contribution in [0.2, 0.25) is 0 Å². The van der Waals surface area contributed by atoms with Gasteiger partial charge in [-0.15, -0.1) is 11.3 Å². The summed E-state index contributed by atoms with van der Waals surface area (Å²) < 4.78 is 38.4. The number of thiazole rings is 1. The summed E-state index contributed by atoms with van der Waals surface area (Å²) in [6.07, 6.45) is -2.74. The van der Waals surface area contributed by atoms with E-state index >= 15 is 0 Å². The summed E-state index contributed by atoms with van der Waals surface area (Å²) >= 11 is 1.24. The molecule has 1 amide bonds. The highest BCUT2D eigenvalue weighted by molar-refractivity contribution is 7.14. The minimum Gasteiger partial charge on any atom is -0.347 e. The topological polar surface area (TPSA) is 66.9 Å². The zero-order chi connectivity index (χ0) is 21.1. The van der Waals surface area contributed by atoms with Crippen LogP contribution in [0.4, 0.5) is 24.1 Å². The average Bonchev–Trinajstić information content (AvgIpc) is 3.21. The van der Waals surface area contributed by atoms with Gasteiger partial charge in [0, 0.05) is 23.5 Å². The van der Waals surface area contributed by atoms with Crippen molar-refractivity contribution in [3.8, 4) is 0 Å². The van der Waals surface area contributed by atoms with E-state index in [0.717, 1.165) is 22.9 Å². The number of aromatic nitrogens is 2. The zero-order valence-corrected chi connectivity index (χ0v) is 16.2. The Labute approximate surface area is 173 Å². The number of rotatable bonds is 5. The van der Waals surface area contributed by atoms with Crippen molar-refractivity contribution in [1.29, 1.82) is 0 Å². The molecule has 152 valence electrons. The molecule has 0 fully saturated rings. The first-order valence-corrected chi connectivity index (χ1v) is 9.79.